The van der Waals surface area contributed by atoms with E-state index in [2.05, 4.69) is 153 Å². The number of esters is 1. The number of halogens is 1. The summed E-state index contributed by atoms with van der Waals surface area (Å²) in [6, 6.07) is 40.8. The fourth-order valence-corrected chi connectivity index (χ4v) is 7.10. The monoisotopic (exact) mass is 926 g/mol. The third-order valence-corrected chi connectivity index (χ3v) is 10.8. The fraction of sp³-hybridized carbons (Fsp3) is 0.309. The molecule has 0 unspecified atom stereocenters. The van der Waals surface area contributed by atoms with Crippen molar-refractivity contribution in [3.05, 3.63) is 165 Å². The highest BCUT2D eigenvalue weighted by Gasteiger charge is 2.14. The molecule has 336 valence electrons. The quantitative estimate of drug-likeness (QED) is 0.0631. The molecule has 0 aromatic heterocycles. The van der Waals surface area contributed by atoms with Crippen LogP contribution >= 0.6 is 15.9 Å². The predicted octanol–water partition coefficient (Wildman–Crippen LogP) is 12.8. The summed E-state index contributed by atoms with van der Waals surface area (Å²) in [6.07, 6.45) is 6.34. The first kappa shape index (κ1) is 50.6. The van der Waals surface area contributed by atoms with Crippen LogP contribution in [0.5, 0.6) is 0 Å². The van der Waals surface area contributed by atoms with E-state index >= 15 is 0 Å². The Kier molecular flexibility index (Phi) is 19.5. The van der Waals surface area contributed by atoms with Gasteiger partial charge in [-0.2, -0.15) is 0 Å². The van der Waals surface area contributed by atoms with Crippen LogP contribution in [-0.2, 0) is 19.7 Å². The molecule has 3 N–H and O–H groups in total. The normalized spacial score (nSPS) is 11.7. The zero-order valence-electron chi connectivity index (χ0n) is 38.5. The third kappa shape index (κ3) is 16.9. The molecule has 0 aliphatic carbocycles. The standard InChI is InChI=1S/C33H39NO3.C22H24BrNO3/c1-23(2)21-29(27-11-13-28(14-12-27)32(36)34-20-19-31(35)37-6)22-24-7-9-25(10-8-24)26-15-17-30(18-16-26)33(3,4)5;1-15(2)13-19(14-16-3-9-20(23)10-4-16)17-5-7-18(8-6-17)22(27)24-12-11-21(25)26/h7-18,22-23H,19-21H2,1-6H3,(H,34,36);3-10,14-15H,11-13H2,1-2H3,(H,24,27)(H,25,26). The lowest BCUT2D eigenvalue weighted by atomic mass is 9.86. The van der Waals surface area contributed by atoms with Crippen molar-refractivity contribution in [3.8, 4) is 11.1 Å². The number of hydrogen-bond donors (Lipinski definition) is 3. The Balaban J connectivity index is 0.000000295. The average molecular weight is 928 g/mol. The van der Waals surface area contributed by atoms with Gasteiger partial charge in [0.15, 0.2) is 0 Å². The first-order chi connectivity index (χ1) is 30.4. The molecule has 0 heterocycles. The Labute approximate surface area is 388 Å². The van der Waals surface area contributed by atoms with Crippen molar-refractivity contribution in [1.82, 2.24) is 10.6 Å². The SMILES string of the molecule is CC(C)CC(=Cc1ccc(Br)cc1)c1ccc(C(=O)NCCC(=O)O)cc1.COC(=O)CCNC(=O)c1ccc(C(=Cc2ccc(-c3ccc(C(C)(C)C)cc3)cc2)CC(C)C)cc1. The number of benzene rings is 5. The lowest BCUT2D eigenvalue weighted by Crippen LogP contribution is -2.26. The zero-order valence-corrected chi connectivity index (χ0v) is 40.1. The van der Waals surface area contributed by atoms with Crippen LogP contribution in [0.1, 0.15) is 123 Å². The highest BCUT2D eigenvalue weighted by molar-refractivity contribution is 9.10. The van der Waals surface area contributed by atoms with Gasteiger partial charge in [0.05, 0.1) is 20.0 Å². The molecule has 5 aromatic carbocycles. The lowest BCUT2D eigenvalue weighted by Gasteiger charge is -2.19. The molecule has 0 aliphatic heterocycles. The van der Waals surface area contributed by atoms with E-state index in [9.17, 15) is 19.2 Å². The van der Waals surface area contributed by atoms with Gasteiger partial charge in [0.25, 0.3) is 11.8 Å². The van der Waals surface area contributed by atoms with Gasteiger partial charge in [-0.15, -0.1) is 0 Å². The molecule has 9 heteroatoms. The maximum absolute atomic E-state index is 12.4. The van der Waals surface area contributed by atoms with Gasteiger partial charge in [0.2, 0.25) is 0 Å². The van der Waals surface area contributed by atoms with Crippen molar-refractivity contribution in [3.63, 3.8) is 0 Å². The number of aliphatic carboxylic acids is 1. The summed E-state index contributed by atoms with van der Waals surface area (Å²) in [4.78, 5) is 46.3. The second-order valence-corrected chi connectivity index (χ2v) is 18.6. The smallest absolute Gasteiger partial charge is 0.307 e. The van der Waals surface area contributed by atoms with Crippen LogP contribution in [0.3, 0.4) is 0 Å². The highest BCUT2D eigenvalue weighted by Crippen LogP contribution is 2.30. The number of rotatable bonds is 17. The Hall–Kier alpha value is -6.06. The minimum absolute atomic E-state index is 0.0850. The molecule has 5 aromatic rings. The van der Waals surface area contributed by atoms with Crippen molar-refractivity contribution in [2.75, 3.05) is 20.2 Å². The third-order valence-electron chi connectivity index (χ3n) is 10.3. The van der Waals surface area contributed by atoms with E-state index in [0.29, 0.717) is 23.0 Å². The van der Waals surface area contributed by atoms with Gasteiger partial charge in [-0.3, -0.25) is 19.2 Å². The molecular formula is C55H63BrN2O6. The lowest BCUT2D eigenvalue weighted by molar-refractivity contribution is -0.140. The van der Waals surface area contributed by atoms with E-state index in [1.807, 2.05) is 48.5 Å². The molecule has 0 spiro atoms. The molecule has 0 bridgehead atoms. The van der Waals surface area contributed by atoms with E-state index in [0.717, 1.165) is 39.6 Å². The van der Waals surface area contributed by atoms with Crippen LogP contribution in [0.4, 0.5) is 0 Å². The molecule has 0 saturated heterocycles. The predicted molar refractivity (Wildman–Crippen MR) is 266 cm³/mol. The molecule has 0 aliphatic rings. The first-order valence-electron chi connectivity index (χ1n) is 21.9. The van der Waals surface area contributed by atoms with Gasteiger partial charge < -0.3 is 20.5 Å². The Morgan fingerprint density at radius 3 is 1.33 bits per heavy atom. The van der Waals surface area contributed by atoms with E-state index in [4.69, 9.17) is 5.11 Å². The van der Waals surface area contributed by atoms with Gasteiger partial charge in [-0.05, 0) is 117 Å². The van der Waals surface area contributed by atoms with Crippen LogP contribution in [0.2, 0.25) is 0 Å². The number of amides is 2. The van der Waals surface area contributed by atoms with Crippen molar-refractivity contribution >= 4 is 63.0 Å². The Morgan fingerprint density at radius 2 is 0.953 bits per heavy atom. The van der Waals surface area contributed by atoms with Crippen molar-refractivity contribution in [2.45, 2.75) is 79.6 Å². The fourth-order valence-electron chi connectivity index (χ4n) is 6.83. The molecule has 0 saturated carbocycles. The Bertz CT molecular complexity index is 2350. The number of carboxylic acid groups (broad SMARTS) is 1. The van der Waals surface area contributed by atoms with E-state index < -0.39 is 5.97 Å². The second kappa shape index (κ2) is 24.7. The molecule has 0 radical (unpaired) electrons. The zero-order chi connectivity index (χ0) is 46.8. The summed E-state index contributed by atoms with van der Waals surface area (Å²) >= 11 is 3.45. The minimum atomic E-state index is -0.929. The first-order valence-corrected chi connectivity index (χ1v) is 22.6. The van der Waals surface area contributed by atoms with E-state index in [-0.39, 0.29) is 49.1 Å². The summed E-state index contributed by atoms with van der Waals surface area (Å²) in [5.74, 6) is -0.729. The number of allylic oxidation sites excluding steroid dienone is 2. The van der Waals surface area contributed by atoms with Crippen LogP contribution in [0, 0.1) is 11.8 Å². The van der Waals surface area contributed by atoms with Crippen LogP contribution in [0.15, 0.2) is 126 Å². The number of carbonyl (C=O) groups is 4. The highest BCUT2D eigenvalue weighted by atomic mass is 79.9. The minimum Gasteiger partial charge on any atom is -0.481 e. The molecule has 0 fully saturated rings. The van der Waals surface area contributed by atoms with E-state index in [1.165, 1.54) is 34.9 Å². The van der Waals surface area contributed by atoms with Crippen molar-refractivity contribution in [2.24, 2.45) is 11.8 Å². The van der Waals surface area contributed by atoms with Gasteiger partial charge in [0.1, 0.15) is 0 Å². The number of ether oxygens (including phenoxy) is 1. The topological polar surface area (TPSA) is 122 Å². The summed E-state index contributed by atoms with van der Waals surface area (Å²) in [5, 5.41) is 14.0. The summed E-state index contributed by atoms with van der Waals surface area (Å²) < 4.78 is 5.65. The van der Waals surface area contributed by atoms with Gasteiger partial charge in [-0.1, -0.05) is 161 Å². The molecular weight excluding hydrogens is 865 g/mol. The maximum Gasteiger partial charge on any atom is 0.307 e. The number of nitrogens with one attached hydrogen (secondary N) is 2. The number of carbonyl (C=O) groups excluding carboxylic acids is 3. The molecule has 0 atom stereocenters. The van der Waals surface area contributed by atoms with Crippen LogP contribution in [-0.4, -0.2) is 49.1 Å². The average Bonchev–Trinajstić information content (AvgIpc) is 3.26. The maximum atomic E-state index is 12.4. The molecule has 64 heavy (non-hydrogen) atoms. The van der Waals surface area contributed by atoms with Crippen LogP contribution < -0.4 is 10.6 Å². The molecule has 2 amide bonds. The van der Waals surface area contributed by atoms with Crippen molar-refractivity contribution in [1.29, 1.82) is 0 Å². The Morgan fingerprint density at radius 1 is 0.578 bits per heavy atom. The number of carboxylic acids is 1. The molecule has 5 rings (SSSR count). The van der Waals surface area contributed by atoms with E-state index in [1.54, 1.807) is 12.1 Å². The number of hydrogen-bond acceptors (Lipinski definition) is 5. The number of methoxy groups -OCH3 is 1. The van der Waals surface area contributed by atoms with Gasteiger partial charge in [0, 0.05) is 28.7 Å². The van der Waals surface area contributed by atoms with Crippen LogP contribution in [0.25, 0.3) is 34.4 Å². The largest absolute Gasteiger partial charge is 0.481 e. The summed E-state index contributed by atoms with van der Waals surface area (Å²) in [6.45, 7) is 15.8. The summed E-state index contributed by atoms with van der Waals surface area (Å²) in [5.41, 5.74) is 11.9. The second-order valence-electron chi connectivity index (χ2n) is 17.7. The summed E-state index contributed by atoms with van der Waals surface area (Å²) in [7, 11) is 1.34. The van der Waals surface area contributed by atoms with Gasteiger partial charge >= 0.3 is 11.9 Å². The van der Waals surface area contributed by atoms with Gasteiger partial charge in [-0.25, -0.2) is 0 Å². The van der Waals surface area contributed by atoms with Crippen molar-refractivity contribution < 1.29 is 29.0 Å². The molecule has 8 nitrogen and oxygen atoms in total.